The van der Waals surface area contributed by atoms with Gasteiger partial charge in [-0.1, -0.05) is 6.07 Å². The second-order valence-corrected chi connectivity index (χ2v) is 4.22. The van der Waals surface area contributed by atoms with Crippen LogP contribution in [-0.2, 0) is 12.8 Å². The molecular weight excluding hydrogens is 233 g/mol. The number of nitrogens with zero attached hydrogens (tertiary/aromatic N) is 1. The van der Waals surface area contributed by atoms with Crippen LogP contribution in [0.2, 0.25) is 0 Å². The molecule has 0 aliphatic rings. The highest BCUT2D eigenvalue weighted by Gasteiger charge is 2.02. The van der Waals surface area contributed by atoms with Crippen molar-refractivity contribution in [3.05, 3.63) is 57.5 Å². The Hall–Kier alpha value is -2.17. The molecular formula is C13H14FN3O. The summed E-state index contributed by atoms with van der Waals surface area (Å²) in [6.45, 7) is 1.81. The van der Waals surface area contributed by atoms with Crippen LogP contribution in [0, 0.1) is 12.7 Å². The molecule has 0 fully saturated rings. The zero-order valence-electron chi connectivity index (χ0n) is 10.0. The SMILES string of the molecule is Cc1cc(CCc2ccc(F)c(N)c2)nc(=O)[nH]1. The summed E-state index contributed by atoms with van der Waals surface area (Å²) in [4.78, 5) is 17.6. The number of nitrogens with two attached hydrogens (primary N) is 1. The molecule has 0 radical (unpaired) electrons. The van der Waals surface area contributed by atoms with Crippen molar-refractivity contribution in [2.24, 2.45) is 0 Å². The van der Waals surface area contributed by atoms with Crippen LogP contribution in [0.15, 0.2) is 29.1 Å². The van der Waals surface area contributed by atoms with E-state index in [0.717, 1.165) is 17.0 Å². The number of nitrogen functional groups attached to an aromatic ring is 1. The normalized spacial score (nSPS) is 10.6. The number of rotatable bonds is 3. The van der Waals surface area contributed by atoms with Gasteiger partial charge in [0.1, 0.15) is 5.82 Å². The molecule has 3 N–H and O–H groups in total. The fourth-order valence-electron chi connectivity index (χ4n) is 1.79. The maximum atomic E-state index is 13.0. The summed E-state index contributed by atoms with van der Waals surface area (Å²) >= 11 is 0. The zero-order chi connectivity index (χ0) is 13.1. The lowest BCUT2D eigenvalue weighted by Gasteiger charge is -2.04. The minimum absolute atomic E-state index is 0.141. The first-order valence-electron chi connectivity index (χ1n) is 5.65. The van der Waals surface area contributed by atoms with Crippen LogP contribution in [0.1, 0.15) is 17.0 Å². The first-order chi connectivity index (χ1) is 8.54. The van der Waals surface area contributed by atoms with Crippen molar-refractivity contribution in [3.63, 3.8) is 0 Å². The number of H-pyrrole nitrogens is 1. The standard InChI is InChI=1S/C13H14FN3O/c1-8-6-10(17-13(18)16-8)4-2-9-3-5-11(14)12(15)7-9/h3,5-7H,2,4,15H2,1H3,(H,16,17,18). The molecule has 1 heterocycles. The predicted molar refractivity (Wildman–Crippen MR) is 67.8 cm³/mol. The Morgan fingerprint density at radius 2 is 2.11 bits per heavy atom. The van der Waals surface area contributed by atoms with Gasteiger partial charge in [0.25, 0.3) is 0 Å². The lowest BCUT2D eigenvalue weighted by Crippen LogP contribution is -2.14. The second kappa shape index (κ2) is 5.00. The van der Waals surface area contributed by atoms with Crippen molar-refractivity contribution in [2.75, 3.05) is 5.73 Å². The number of anilines is 1. The molecule has 0 bridgehead atoms. The monoisotopic (exact) mass is 247 g/mol. The summed E-state index contributed by atoms with van der Waals surface area (Å²) < 4.78 is 13.0. The van der Waals surface area contributed by atoms with Crippen molar-refractivity contribution in [3.8, 4) is 0 Å². The van der Waals surface area contributed by atoms with E-state index in [4.69, 9.17) is 5.73 Å². The van der Waals surface area contributed by atoms with Gasteiger partial charge in [-0.25, -0.2) is 9.18 Å². The van der Waals surface area contributed by atoms with E-state index in [1.54, 1.807) is 12.1 Å². The Kier molecular flexibility index (Phi) is 3.41. The van der Waals surface area contributed by atoms with Gasteiger partial charge in [0.15, 0.2) is 0 Å². The number of halogens is 1. The van der Waals surface area contributed by atoms with E-state index >= 15 is 0 Å². The highest BCUT2D eigenvalue weighted by molar-refractivity contribution is 5.42. The third kappa shape index (κ3) is 2.94. The third-order valence-electron chi connectivity index (χ3n) is 2.66. The third-order valence-corrected chi connectivity index (χ3v) is 2.66. The number of benzene rings is 1. The molecule has 0 unspecified atom stereocenters. The van der Waals surface area contributed by atoms with Gasteiger partial charge in [-0.15, -0.1) is 0 Å². The first-order valence-corrected chi connectivity index (χ1v) is 5.65. The fraction of sp³-hybridized carbons (Fsp3) is 0.231. The Morgan fingerprint density at radius 1 is 1.33 bits per heavy atom. The van der Waals surface area contributed by atoms with Crippen LogP contribution in [0.25, 0.3) is 0 Å². The Morgan fingerprint density at radius 3 is 2.78 bits per heavy atom. The van der Waals surface area contributed by atoms with Crippen molar-refractivity contribution in [1.29, 1.82) is 0 Å². The molecule has 5 heteroatoms. The lowest BCUT2D eigenvalue weighted by atomic mass is 10.1. The van der Waals surface area contributed by atoms with Crippen molar-refractivity contribution in [1.82, 2.24) is 9.97 Å². The Labute approximate surface area is 104 Å². The van der Waals surface area contributed by atoms with Gasteiger partial charge in [-0.05, 0) is 43.5 Å². The number of hydrogen-bond acceptors (Lipinski definition) is 3. The largest absolute Gasteiger partial charge is 0.396 e. The molecule has 0 aliphatic carbocycles. The van der Waals surface area contributed by atoms with Crippen LogP contribution < -0.4 is 11.4 Å². The molecule has 2 aromatic rings. The minimum atomic E-state index is -0.413. The number of aryl methyl sites for hydroxylation is 3. The van der Waals surface area contributed by atoms with E-state index in [1.165, 1.54) is 6.07 Å². The van der Waals surface area contributed by atoms with Crippen molar-refractivity contribution < 1.29 is 4.39 Å². The topological polar surface area (TPSA) is 71.8 Å². The second-order valence-electron chi connectivity index (χ2n) is 4.22. The van der Waals surface area contributed by atoms with E-state index in [0.29, 0.717) is 12.8 Å². The molecule has 0 atom stereocenters. The molecule has 0 saturated heterocycles. The Balaban J connectivity index is 2.11. The summed E-state index contributed by atoms with van der Waals surface area (Å²) in [7, 11) is 0. The molecule has 2 rings (SSSR count). The maximum absolute atomic E-state index is 13.0. The molecule has 18 heavy (non-hydrogen) atoms. The van der Waals surface area contributed by atoms with Gasteiger partial charge in [0.05, 0.1) is 5.69 Å². The summed E-state index contributed by atoms with van der Waals surface area (Å²) in [5.41, 5.74) is 7.72. The molecule has 4 nitrogen and oxygen atoms in total. The van der Waals surface area contributed by atoms with Crippen LogP contribution >= 0.6 is 0 Å². The summed E-state index contributed by atoms with van der Waals surface area (Å²) in [5.74, 6) is -0.413. The van der Waals surface area contributed by atoms with Crippen molar-refractivity contribution in [2.45, 2.75) is 19.8 Å². The lowest BCUT2D eigenvalue weighted by molar-refractivity contribution is 0.631. The molecule has 0 spiro atoms. The van der Waals surface area contributed by atoms with Gasteiger partial charge in [-0.3, -0.25) is 0 Å². The summed E-state index contributed by atoms with van der Waals surface area (Å²) in [5, 5.41) is 0. The Bertz CT molecular complexity index is 622. The van der Waals surface area contributed by atoms with Gasteiger partial charge in [0.2, 0.25) is 0 Å². The number of nitrogens with one attached hydrogen (secondary N) is 1. The molecule has 0 aliphatic heterocycles. The van der Waals surface area contributed by atoms with Gasteiger partial charge >= 0.3 is 5.69 Å². The van der Waals surface area contributed by atoms with E-state index in [9.17, 15) is 9.18 Å². The highest BCUT2D eigenvalue weighted by Crippen LogP contribution is 2.13. The van der Waals surface area contributed by atoms with Gasteiger partial charge in [-0.2, -0.15) is 4.98 Å². The average Bonchev–Trinajstić information content (AvgIpc) is 2.29. The summed E-state index contributed by atoms with van der Waals surface area (Å²) in [6.07, 6.45) is 1.29. The van der Waals surface area contributed by atoms with Crippen LogP contribution in [0.4, 0.5) is 10.1 Å². The summed E-state index contributed by atoms with van der Waals surface area (Å²) in [6, 6.07) is 6.47. The number of aromatic amines is 1. The van der Waals surface area contributed by atoms with Crippen LogP contribution in [0.3, 0.4) is 0 Å². The molecule has 1 aromatic carbocycles. The number of hydrogen-bond donors (Lipinski definition) is 2. The van der Waals surface area contributed by atoms with Crippen LogP contribution in [0.5, 0.6) is 0 Å². The molecule has 94 valence electrons. The molecule has 1 aromatic heterocycles. The van der Waals surface area contributed by atoms with Gasteiger partial charge < -0.3 is 10.7 Å². The molecule has 0 amide bonds. The van der Waals surface area contributed by atoms with Gasteiger partial charge in [0, 0.05) is 11.4 Å². The molecule has 0 saturated carbocycles. The van der Waals surface area contributed by atoms with E-state index in [2.05, 4.69) is 9.97 Å². The van der Waals surface area contributed by atoms with E-state index < -0.39 is 5.82 Å². The smallest absolute Gasteiger partial charge is 0.345 e. The fourth-order valence-corrected chi connectivity index (χ4v) is 1.79. The number of aromatic nitrogens is 2. The highest BCUT2D eigenvalue weighted by atomic mass is 19.1. The van der Waals surface area contributed by atoms with Crippen molar-refractivity contribution >= 4 is 5.69 Å². The zero-order valence-corrected chi connectivity index (χ0v) is 10.0. The van der Waals surface area contributed by atoms with E-state index in [-0.39, 0.29) is 11.4 Å². The van der Waals surface area contributed by atoms with E-state index in [1.807, 2.05) is 13.0 Å². The van der Waals surface area contributed by atoms with Crippen LogP contribution in [-0.4, -0.2) is 9.97 Å². The predicted octanol–water partition coefficient (Wildman–Crippen LogP) is 1.58. The quantitative estimate of drug-likeness (QED) is 0.809. The average molecular weight is 247 g/mol. The maximum Gasteiger partial charge on any atom is 0.345 e. The minimum Gasteiger partial charge on any atom is -0.396 e. The first kappa shape index (κ1) is 12.3.